The van der Waals surface area contributed by atoms with Gasteiger partial charge in [-0.05, 0) is 62.8 Å². The number of nitrogens with one attached hydrogen (secondary N) is 1. The molecule has 7 nitrogen and oxygen atoms in total. The zero-order valence-electron chi connectivity index (χ0n) is 21.3. The number of carbonyl (C=O) groups is 1. The number of hydrogen-bond acceptors (Lipinski definition) is 5. The molecule has 0 atom stereocenters. The Bertz CT molecular complexity index is 1250. The number of benzene rings is 2. The van der Waals surface area contributed by atoms with Crippen molar-refractivity contribution in [1.29, 1.82) is 0 Å². The Morgan fingerprint density at radius 1 is 1.03 bits per heavy atom. The summed E-state index contributed by atoms with van der Waals surface area (Å²) in [6.07, 6.45) is 5.27. The van der Waals surface area contributed by atoms with E-state index in [4.69, 9.17) is 14.0 Å². The Balaban J connectivity index is 1.07. The van der Waals surface area contributed by atoms with Crippen molar-refractivity contribution in [3.05, 3.63) is 72.1 Å². The maximum absolute atomic E-state index is 12.7. The van der Waals surface area contributed by atoms with Gasteiger partial charge in [0.1, 0.15) is 6.61 Å². The molecular weight excluding hydrogens is 453 g/mol. The number of aromatic nitrogens is 2. The number of fused-ring (bicyclic) bond motifs is 3. The summed E-state index contributed by atoms with van der Waals surface area (Å²) in [5, 5.41) is 7.57. The number of rotatable bonds is 6. The molecule has 3 aliphatic rings. The Hall–Kier alpha value is -3.10. The quantitative estimate of drug-likeness (QED) is 0.530. The van der Waals surface area contributed by atoms with Crippen LogP contribution in [0.5, 0.6) is 0 Å². The summed E-state index contributed by atoms with van der Waals surface area (Å²) >= 11 is 0. The van der Waals surface area contributed by atoms with Gasteiger partial charge < -0.3 is 19.4 Å². The molecule has 0 unspecified atom stereocenters. The van der Waals surface area contributed by atoms with Crippen LogP contribution in [0, 0.1) is 0 Å². The topological polar surface area (TPSA) is 74.6 Å². The van der Waals surface area contributed by atoms with Gasteiger partial charge in [-0.2, -0.15) is 5.10 Å². The normalized spacial score (nSPS) is 20.6. The fourth-order valence-corrected chi connectivity index (χ4v) is 5.21. The first-order chi connectivity index (χ1) is 17.2. The van der Waals surface area contributed by atoms with Crippen molar-refractivity contribution in [2.45, 2.75) is 63.2 Å². The fourth-order valence-electron chi connectivity index (χ4n) is 5.21. The van der Waals surface area contributed by atoms with E-state index < -0.39 is 24.4 Å². The van der Waals surface area contributed by atoms with Crippen LogP contribution in [0.2, 0.25) is 0 Å². The predicted octanol–water partition coefficient (Wildman–Crippen LogP) is 4.21. The molecule has 2 heterocycles. The van der Waals surface area contributed by atoms with Gasteiger partial charge in [0.2, 0.25) is 0 Å². The maximum Gasteiger partial charge on any atom is 0.498 e. The third-order valence-electron chi connectivity index (χ3n) is 8.35. The van der Waals surface area contributed by atoms with Crippen LogP contribution in [0.1, 0.15) is 57.6 Å². The first-order valence-corrected chi connectivity index (χ1v) is 12.7. The lowest BCUT2D eigenvalue weighted by Crippen LogP contribution is -2.41. The van der Waals surface area contributed by atoms with Crippen molar-refractivity contribution in [3.63, 3.8) is 0 Å². The molecule has 0 spiro atoms. The van der Waals surface area contributed by atoms with Crippen LogP contribution < -0.4 is 10.8 Å². The largest absolute Gasteiger partial charge is 0.498 e. The standard InChI is InChI=1S/C28H32BN3O4/c1-26(2)27(3,4)36-29(35-26)19-15-31-32(16-19)28(13-14-28)18-30-25(33)34-17-24-22-11-7-5-9-20(22)21-10-6-8-12-23(21)24/h5-12,15-16,24H,13-14,17-18H2,1-4H3,(H,30,33). The molecule has 0 bridgehead atoms. The van der Waals surface area contributed by atoms with Crippen LogP contribution >= 0.6 is 0 Å². The van der Waals surface area contributed by atoms with E-state index in [1.54, 1.807) is 6.20 Å². The maximum atomic E-state index is 12.7. The molecule has 1 saturated heterocycles. The van der Waals surface area contributed by atoms with E-state index in [1.807, 2.05) is 62.8 Å². The number of nitrogens with zero attached hydrogens (tertiary/aromatic N) is 2. The van der Waals surface area contributed by atoms with Crippen molar-refractivity contribution in [3.8, 4) is 11.1 Å². The van der Waals surface area contributed by atoms with E-state index in [9.17, 15) is 4.79 Å². The molecule has 3 aromatic rings. The molecular formula is C28H32BN3O4. The van der Waals surface area contributed by atoms with Gasteiger partial charge in [0.05, 0.1) is 16.7 Å². The van der Waals surface area contributed by atoms with E-state index in [-0.39, 0.29) is 11.5 Å². The lowest BCUT2D eigenvalue weighted by molar-refractivity contribution is 0.00578. The Labute approximate surface area is 212 Å². The van der Waals surface area contributed by atoms with Crippen molar-refractivity contribution in [1.82, 2.24) is 15.1 Å². The molecule has 1 N–H and O–H groups in total. The molecule has 2 aliphatic carbocycles. The molecule has 36 heavy (non-hydrogen) atoms. The number of hydrogen-bond donors (Lipinski definition) is 1. The number of carbonyl (C=O) groups excluding carboxylic acids is 1. The van der Waals surface area contributed by atoms with Gasteiger partial charge in [-0.1, -0.05) is 48.5 Å². The SMILES string of the molecule is CC1(C)OB(c2cnn(C3(CNC(=O)OCC4c5ccccc5-c5ccccc54)CC3)c2)OC1(C)C. The Morgan fingerprint density at radius 2 is 1.61 bits per heavy atom. The van der Waals surface area contributed by atoms with Crippen molar-refractivity contribution < 1.29 is 18.8 Å². The summed E-state index contributed by atoms with van der Waals surface area (Å²) in [5.41, 5.74) is 4.71. The Kier molecular flexibility index (Phi) is 5.32. The lowest BCUT2D eigenvalue weighted by Gasteiger charge is -2.32. The van der Waals surface area contributed by atoms with Crippen LogP contribution in [0.25, 0.3) is 11.1 Å². The zero-order chi connectivity index (χ0) is 25.1. The molecule has 0 radical (unpaired) electrons. The fraction of sp³-hybridized carbons (Fsp3) is 0.429. The van der Waals surface area contributed by atoms with E-state index >= 15 is 0 Å². The molecule has 1 aliphatic heterocycles. The third kappa shape index (κ3) is 3.83. The number of ether oxygens (including phenoxy) is 1. The average molecular weight is 485 g/mol. The molecule has 186 valence electrons. The van der Waals surface area contributed by atoms with E-state index in [1.165, 1.54) is 22.3 Å². The van der Waals surface area contributed by atoms with Gasteiger partial charge in [0.25, 0.3) is 0 Å². The second kappa shape index (κ2) is 8.22. The monoisotopic (exact) mass is 485 g/mol. The van der Waals surface area contributed by atoms with Gasteiger partial charge in [-0.25, -0.2) is 4.79 Å². The summed E-state index contributed by atoms with van der Waals surface area (Å²) < 4.78 is 20.0. The first-order valence-electron chi connectivity index (χ1n) is 12.7. The summed E-state index contributed by atoms with van der Waals surface area (Å²) in [6.45, 7) is 8.93. The molecule has 2 fully saturated rings. The van der Waals surface area contributed by atoms with Crippen LogP contribution in [-0.2, 0) is 19.6 Å². The van der Waals surface area contributed by atoms with Crippen LogP contribution in [-0.4, -0.2) is 47.3 Å². The second-order valence-electron chi connectivity index (χ2n) is 11.2. The van der Waals surface area contributed by atoms with E-state index in [2.05, 4.69) is 34.7 Å². The minimum atomic E-state index is -0.449. The Morgan fingerprint density at radius 3 is 2.19 bits per heavy atom. The lowest BCUT2D eigenvalue weighted by atomic mass is 9.82. The van der Waals surface area contributed by atoms with Crippen LogP contribution in [0.3, 0.4) is 0 Å². The van der Waals surface area contributed by atoms with Crippen molar-refractivity contribution >= 4 is 18.7 Å². The molecule has 2 aromatic carbocycles. The van der Waals surface area contributed by atoms with Crippen molar-refractivity contribution in [2.75, 3.05) is 13.2 Å². The predicted molar refractivity (Wildman–Crippen MR) is 138 cm³/mol. The third-order valence-corrected chi connectivity index (χ3v) is 8.35. The highest BCUT2D eigenvalue weighted by molar-refractivity contribution is 6.62. The van der Waals surface area contributed by atoms with Gasteiger partial charge in [-0.15, -0.1) is 0 Å². The molecule has 1 saturated carbocycles. The molecule has 1 aromatic heterocycles. The summed E-state index contributed by atoms with van der Waals surface area (Å²) in [6, 6.07) is 16.7. The average Bonchev–Trinajstić information content (AvgIpc) is 3.25. The minimum Gasteiger partial charge on any atom is -0.449 e. The van der Waals surface area contributed by atoms with Gasteiger partial charge in [0, 0.05) is 30.3 Å². The van der Waals surface area contributed by atoms with E-state index in [0.29, 0.717) is 13.2 Å². The van der Waals surface area contributed by atoms with Crippen LogP contribution in [0.4, 0.5) is 4.79 Å². The van der Waals surface area contributed by atoms with Gasteiger partial charge >= 0.3 is 13.2 Å². The van der Waals surface area contributed by atoms with Crippen LogP contribution in [0.15, 0.2) is 60.9 Å². The zero-order valence-corrected chi connectivity index (χ0v) is 21.3. The minimum absolute atomic E-state index is 0.0478. The smallest absolute Gasteiger partial charge is 0.449 e. The number of amides is 1. The molecule has 1 amide bonds. The summed E-state index contributed by atoms with van der Waals surface area (Å²) in [5.74, 6) is 0.0478. The number of alkyl carbamates (subject to hydrolysis) is 1. The van der Waals surface area contributed by atoms with Gasteiger partial charge in [0.15, 0.2) is 0 Å². The summed E-state index contributed by atoms with van der Waals surface area (Å²) in [4.78, 5) is 12.7. The van der Waals surface area contributed by atoms with Gasteiger partial charge in [-0.3, -0.25) is 4.68 Å². The van der Waals surface area contributed by atoms with Crippen molar-refractivity contribution in [2.24, 2.45) is 0 Å². The summed E-state index contributed by atoms with van der Waals surface area (Å²) in [7, 11) is -0.449. The highest BCUT2D eigenvalue weighted by Gasteiger charge is 2.53. The second-order valence-corrected chi connectivity index (χ2v) is 11.2. The molecule has 6 rings (SSSR count). The highest BCUT2D eigenvalue weighted by Crippen LogP contribution is 2.45. The molecule has 8 heteroatoms. The highest BCUT2D eigenvalue weighted by atomic mass is 16.7. The first kappa shape index (κ1) is 23.3. The van der Waals surface area contributed by atoms with E-state index in [0.717, 1.165) is 18.3 Å².